The number of fused-ring (bicyclic) bond motifs is 1. The van der Waals surface area contributed by atoms with Crippen LogP contribution in [0.15, 0.2) is 35.7 Å². The van der Waals surface area contributed by atoms with E-state index in [2.05, 4.69) is 29.1 Å². The van der Waals surface area contributed by atoms with Gasteiger partial charge in [0.25, 0.3) is 0 Å². The van der Waals surface area contributed by atoms with E-state index in [0.29, 0.717) is 0 Å². The first-order valence-electron chi connectivity index (χ1n) is 4.12. The molecule has 0 bridgehead atoms. The lowest BCUT2D eigenvalue weighted by molar-refractivity contribution is 0.191. The molecule has 0 amide bonds. The molecule has 0 radical (unpaired) electrons. The Morgan fingerprint density at radius 2 is 2.42 bits per heavy atom. The van der Waals surface area contributed by atoms with E-state index >= 15 is 0 Å². The number of aromatic nitrogens is 1. The molecule has 1 aromatic heterocycles. The van der Waals surface area contributed by atoms with Crippen LogP contribution in [0.4, 0.5) is 0 Å². The summed E-state index contributed by atoms with van der Waals surface area (Å²) in [5.41, 5.74) is 2.77. The standard InChI is InChI=1S/C10H9NO/c1-2-9-6-8-7-12-10(8)3-5-11(9)4-1/h1-5H,6-7H2. The van der Waals surface area contributed by atoms with Crippen LogP contribution in [0.2, 0.25) is 0 Å². The molecule has 2 aliphatic rings. The normalized spacial score (nSPS) is 19.0. The topological polar surface area (TPSA) is 14.2 Å². The van der Waals surface area contributed by atoms with Gasteiger partial charge in [0.05, 0.1) is 0 Å². The zero-order chi connectivity index (χ0) is 7.97. The van der Waals surface area contributed by atoms with E-state index in [4.69, 9.17) is 4.74 Å². The molecule has 0 aliphatic carbocycles. The zero-order valence-electron chi connectivity index (χ0n) is 6.66. The lowest BCUT2D eigenvalue weighted by Gasteiger charge is -2.20. The summed E-state index contributed by atoms with van der Waals surface area (Å²) < 4.78 is 7.44. The zero-order valence-corrected chi connectivity index (χ0v) is 6.66. The molecule has 0 saturated heterocycles. The number of ether oxygens (including phenoxy) is 1. The van der Waals surface area contributed by atoms with Crippen molar-refractivity contribution < 1.29 is 4.74 Å². The van der Waals surface area contributed by atoms with Crippen LogP contribution in [0.3, 0.4) is 0 Å². The fourth-order valence-corrected chi connectivity index (χ4v) is 1.65. The van der Waals surface area contributed by atoms with Crippen molar-refractivity contribution in [3.8, 4) is 0 Å². The maximum atomic E-state index is 5.29. The van der Waals surface area contributed by atoms with Crippen molar-refractivity contribution in [2.75, 3.05) is 6.61 Å². The molecular weight excluding hydrogens is 150 g/mol. The molecule has 1 aromatic rings. The second-order valence-electron chi connectivity index (χ2n) is 3.16. The van der Waals surface area contributed by atoms with Crippen LogP contribution in [-0.2, 0) is 11.2 Å². The Morgan fingerprint density at radius 3 is 3.25 bits per heavy atom. The van der Waals surface area contributed by atoms with Gasteiger partial charge in [0.2, 0.25) is 0 Å². The Hall–Kier alpha value is -1.44. The average molecular weight is 159 g/mol. The molecule has 2 aliphatic heterocycles. The third kappa shape index (κ3) is 0.694. The number of rotatable bonds is 0. The Bertz CT molecular complexity index is 384. The van der Waals surface area contributed by atoms with Gasteiger partial charge >= 0.3 is 0 Å². The summed E-state index contributed by atoms with van der Waals surface area (Å²) in [6.07, 6.45) is 7.19. The first kappa shape index (κ1) is 6.12. The van der Waals surface area contributed by atoms with Crippen LogP contribution in [0.25, 0.3) is 6.20 Å². The molecule has 12 heavy (non-hydrogen) atoms. The van der Waals surface area contributed by atoms with Crippen molar-refractivity contribution >= 4 is 6.20 Å². The van der Waals surface area contributed by atoms with Crippen LogP contribution >= 0.6 is 0 Å². The largest absolute Gasteiger partial charge is 0.489 e. The molecule has 0 unspecified atom stereocenters. The molecule has 0 spiro atoms. The first-order chi connectivity index (χ1) is 5.93. The predicted octanol–water partition coefficient (Wildman–Crippen LogP) is 1.80. The smallest absolute Gasteiger partial charge is 0.124 e. The Kier molecular flexibility index (Phi) is 1.04. The van der Waals surface area contributed by atoms with Crippen LogP contribution < -0.4 is 0 Å². The predicted molar refractivity (Wildman–Crippen MR) is 46.4 cm³/mol. The van der Waals surface area contributed by atoms with Gasteiger partial charge < -0.3 is 9.30 Å². The third-order valence-corrected chi connectivity index (χ3v) is 2.40. The highest BCUT2D eigenvalue weighted by Gasteiger charge is 2.19. The molecular formula is C10H9NO. The fraction of sp³-hybridized carbons (Fsp3) is 0.200. The number of allylic oxidation sites excluding steroid dienone is 1. The molecule has 0 N–H and O–H groups in total. The van der Waals surface area contributed by atoms with Gasteiger partial charge in [0, 0.05) is 30.1 Å². The van der Waals surface area contributed by atoms with Crippen molar-refractivity contribution in [3.63, 3.8) is 0 Å². The summed E-state index contributed by atoms with van der Waals surface area (Å²) in [5.74, 6) is 1.07. The second kappa shape index (κ2) is 2.03. The summed E-state index contributed by atoms with van der Waals surface area (Å²) in [6.45, 7) is 0.810. The van der Waals surface area contributed by atoms with Gasteiger partial charge in [-0.05, 0) is 18.2 Å². The van der Waals surface area contributed by atoms with Crippen LogP contribution in [0, 0.1) is 0 Å². The van der Waals surface area contributed by atoms with Crippen molar-refractivity contribution in [1.82, 2.24) is 4.57 Å². The highest BCUT2D eigenvalue weighted by atomic mass is 16.5. The first-order valence-corrected chi connectivity index (χ1v) is 4.12. The van der Waals surface area contributed by atoms with Gasteiger partial charge in [-0.1, -0.05) is 0 Å². The molecule has 0 saturated carbocycles. The summed E-state index contributed by atoms with van der Waals surface area (Å²) >= 11 is 0. The van der Waals surface area contributed by atoms with Crippen molar-refractivity contribution in [2.45, 2.75) is 6.42 Å². The molecule has 0 aromatic carbocycles. The van der Waals surface area contributed by atoms with Crippen molar-refractivity contribution in [2.24, 2.45) is 0 Å². The summed E-state index contributed by atoms with van der Waals surface area (Å²) in [6, 6.07) is 4.23. The van der Waals surface area contributed by atoms with E-state index in [1.165, 1.54) is 11.3 Å². The lowest BCUT2D eigenvalue weighted by atomic mass is 10.1. The van der Waals surface area contributed by atoms with E-state index < -0.39 is 0 Å². The Morgan fingerprint density at radius 1 is 1.42 bits per heavy atom. The van der Waals surface area contributed by atoms with E-state index in [0.717, 1.165) is 18.8 Å². The maximum absolute atomic E-state index is 5.29. The van der Waals surface area contributed by atoms with E-state index in [1.807, 2.05) is 6.08 Å². The van der Waals surface area contributed by atoms with Crippen molar-refractivity contribution in [1.29, 1.82) is 0 Å². The van der Waals surface area contributed by atoms with Gasteiger partial charge in [0.1, 0.15) is 12.4 Å². The third-order valence-electron chi connectivity index (χ3n) is 2.40. The summed E-state index contributed by atoms with van der Waals surface area (Å²) in [4.78, 5) is 0. The minimum atomic E-state index is 0.810. The molecule has 2 heteroatoms. The second-order valence-corrected chi connectivity index (χ2v) is 3.16. The van der Waals surface area contributed by atoms with Gasteiger partial charge in [-0.3, -0.25) is 0 Å². The van der Waals surface area contributed by atoms with Gasteiger partial charge in [-0.2, -0.15) is 0 Å². The number of hydrogen-bond acceptors (Lipinski definition) is 1. The maximum Gasteiger partial charge on any atom is 0.124 e. The minimum absolute atomic E-state index is 0.810. The monoisotopic (exact) mass is 159 g/mol. The molecule has 60 valence electrons. The van der Waals surface area contributed by atoms with E-state index in [1.54, 1.807) is 0 Å². The van der Waals surface area contributed by atoms with Crippen LogP contribution in [0.1, 0.15) is 5.69 Å². The fourth-order valence-electron chi connectivity index (χ4n) is 1.65. The average Bonchev–Trinajstić information content (AvgIpc) is 2.42. The number of nitrogens with zero attached hydrogens (tertiary/aromatic N) is 1. The lowest BCUT2D eigenvalue weighted by Crippen LogP contribution is -2.13. The van der Waals surface area contributed by atoms with Gasteiger partial charge in [0.15, 0.2) is 0 Å². The molecule has 0 atom stereocenters. The van der Waals surface area contributed by atoms with Gasteiger partial charge in [-0.15, -0.1) is 0 Å². The van der Waals surface area contributed by atoms with Crippen LogP contribution in [-0.4, -0.2) is 11.2 Å². The van der Waals surface area contributed by atoms with E-state index in [-0.39, 0.29) is 0 Å². The van der Waals surface area contributed by atoms with Crippen molar-refractivity contribution in [3.05, 3.63) is 41.4 Å². The summed E-state index contributed by atoms with van der Waals surface area (Å²) in [7, 11) is 0. The molecule has 3 heterocycles. The molecule has 3 rings (SSSR count). The molecule has 0 fully saturated rings. The SMILES string of the molecule is C1=Cn2cccc2CC2=C1OC2. The Labute approximate surface area is 70.8 Å². The quantitative estimate of drug-likeness (QED) is 0.563. The number of hydrogen-bond donors (Lipinski definition) is 0. The minimum Gasteiger partial charge on any atom is -0.489 e. The van der Waals surface area contributed by atoms with E-state index in [9.17, 15) is 0 Å². The Balaban J connectivity index is 2.13. The summed E-state index contributed by atoms with van der Waals surface area (Å²) in [5, 5.41) is 0. The van der Waals surface area contributed by atoms with Crippen LogP contribution in [0.5, 0.6) is 0 Å². The highest BCUT2D eigenvalue weighted by Crippen LogP contribution is 2.26. The highest BCUT2D eigenvalue weighted by molar-refractivity contribution is 5.44. The van der Waals surface area contributed by atoms with Gasteiger partial charge in [-0.25, -0.2) is 0 Å². The molecule has 2 nitrogen and oxygen atoms in total.